The maximum Gasteiger partial charge on any atom is 0.265 e. The van der Waals surface area contributed by atoms with E-state index in [1.165, 1.54) is 17.6 Å². The maximum absolute atomic E-state index is 14.0. The van der Waals surface area contributed by atoms with Crippen LogP contribution in [0.1, 0.15) is 21.3 Å². The van der Waals surface area contributed by atoms with Crippen LogP contribution in [0.15, 0.2) is 60.7 Å². The fraction of sp³-hybridized carbons (Fsp3) is 0.200. The van der Waals surface area contributed by atoms with Gasteiger partial charge in [0.05, 0.1) is 18.8 Å². The van der Waals surface area contributed by atoms with E-state index < -0.39 is 6.10 Å². The van der Waals surface area contributed by atoms with Crippen molar-refractivity contribution in [2.75, 3.05) is 19.7 Å². The van der Waals surface area contributed by atoms with Crippen molar-refractivity contribution in [2.45, 2.75) is 6.10 Å². The maximum atomic E-state index is 14.0. The van der Waals surface area contributed by atoms with Gasteiger partial charge in [0.1, 0.15) is 16.8 Å². The highest BCUT2D eigenvalue weighted by Gasteiger charge is 2.28. The van der Waals surface area contributed by atoms with Gasteiger partial charge >= 0.3 is 0 Å². The van der Waals surface area contributed by atoms with Gasteiger partial charge in [-0.05, 0) is 23.7 Å². The molecule has 4 rings (SSSR count). The molecule has 0 unspecified atom stereocenters. The lowest BCUT2D eigenvalue weighted by Crippen LogP contribution is -2.42. The van der Waals surface area contributed by atoms with Crippen LogP contribution in [0.4, 0.5) is 4.39 Å². The molecule has 0 aliphatic carbocycles. The van der Waals surface area contributed by atoms with Crippen molar-refractivity contribution in [1.82, 2.24) is 9.27 Å². The molecule has 1 aliphatic rings. The topological polar surface area (TPSA) is 42.4 Å². The van der Waals surface area contributed by atoms with E-state index in [0.717, 1.165) is 11.3 Å². The third kappa shape index (κ3) is 3.38. The zero-order chi connectivity index (χ0) is 17.9. The summed E-state index contributed by atoms with van der Waals surface area (Å²) in [5.41, 5.74) is 2.26. The Bertz CT molecular complexity index is 913. The minimum atomic E-state index is -0.449. The minimum Gasteiger partial charge on any atom is -0.370 e. The van der Waals surface area contributed by atoms with Crippen molar-refractivity contribution in [1.29, 1.82) is 0 Å². The first-order valence-corrected chi connectivity index (χ1v) is 9.17. The van der Waals surface area contributed by atoms with E-state index in [1.54, 1.807) is 23.1 Å². The van der Waals surface area contributed by atoms with Crippen LogP contribution in [0.2, 0.25) is 0 Å². The third-order valence-corrected chi connectivity index (χ3v) is 5.17. The Morgan fingerprint density at radius 1 is 1.15 bits per heavy atom. The van der Waals surface area contributed by atoms with Gasteiger partial charge in [0.2, 0.25) is 0 Å². The standard InChI is InChI=1S/C20H17FN2O2S/c21-16-9-5-4-8-15(16)18-13-23(10-11-25-18)20(24)19-12-17(22-26-19)14-6-2-1-3-7-14/h1-9,12,18H,10-11,13H2/t18-/m0/s1. The Morgan fingerprint density at radius 3 is 2.73 bits per heavy atom. The summed E-state index contributed by atoms with van der Waals surface area (Å²) in [4.78, 5) is 15.1. The predicted molar refractivity (Wildman–Crippen MR) is 98.5 cm³/mol. The molecule has 0 saturated carbocycles. The lowest BCUT2D eigenvalue weighted by atomic mass is 10.1. The molecule has 0 spiro atoms. The van der Waals surface area contributed by atoms with Crippen LogP contribution in [0, 0.1) is 5.82 Å². The van der Waals surface area contributed by atoms with E-state index in [9.17, 15) is 9.18 Å². The Hall–Kier alpha value is -2.57. The van der Waals surface area contributed by atoms with Gasteiger partial charge in [-0.2, -0.15) is 4.37 Å². The molecule has 2 heterocycles. The Kier molecular flexibility index (Phi) is 4.77. The number of benzene rings is 2. The number of halogens is 1. The molecule has 3 aromatic rings. The molecule has 6 heteroatoms. The number of morpholine rings is 1. The molecule has 1 aromatic heterocycles. The second-order valence-electron chi connectivity index (χ2n) is 6.07. The van der Waals surface area contributed by atoms with E-state index in [1.807, 2.05) is 36.4 Å². The highest BCUT2D eigenvalue weighted by atomic mass is 32.1. The van der Waals surface area contributed by atoms with Gasteiger partial charge in [0.25, 0.3) is 5.91 Å². The van der Waals surface area contributed by atoms with Crippen molar-refractivity contribution in [3.05, 3.63) is 76.9 Å². The fourth-order valence-corrected chi connectivity index (χ4v) is 3.76. The summed E-state index contributed by atoms with van der Waals surface area (Å²) >= 11 is 1.19. The summed E-state index contributed by atoms with van der Waals surface area (Å²) in [7, 11) is 0. The summed E-state index contributed by atoms with van der Waals surface area (Å²) in [6.07, 6.45) is -0.449. The molecule has 4 nitrogen and oxygen atoms in total. The van der Waals surface area contributed by atoms with Crippen LogP contribution in [-0.4, -0.2) is 34.9 Å². The largest absolute Gasteiger partial charge is 0.370 e. The number of carbonyl (C=O) groups excluding carboxylic acids is 1. The predicted octanol–water partition coefficient (Wildman–Crippen LogP) is 4.16. The molecule has 0 radical (unpaired) electrons. The van der Waals surface area contributed by atoms with Crippen molar-refractivity contribution in [2.24, 2.45) is 0 Å². The van der Waals surface area contributed by atoms with Crippen molar-refractivity contribution < 1.29 is 13.9 Å². The number of aromatic nitrogens is 1. The fourth-order valence-electron chi connectivity index (χ4n) is 3.03. The highest BCUT2D eigenvalue weighted by molar-refractivity contribution is 7.08. The molecule has 1 fully saturated rings. The zero-order valence-electron chi connectivity index (χ0n) is 14.0. The molecule has 1 aliphatic heterocycles. The quantitative estimate of drug-likeness (QED) is 0.697. The van der Waals surface area contributed by atoms with Crippen LogP contribution in [0.3, 0.4) is 0 Å². The van der Waals surface area contributed by atoms with E-state index in [4.69, 9.17) is 4.74 Å². The van der Waals surface area contributed by atoms with E-state index >= 15 is 0 Å². The molecular weight excluding hydrogens is 351 g/mol. The van der Waals surface area contributed by atoms with Crippen LogP contribution >= 0.6 is 11.5 Å². The average Bonchev–Trinajstić information content (AvgIpc) is 3.19. The molecule has 0 bridgehead atoms. The number of amides is 1. The lowest BCUT2D eigenvalue weighted by molar-refractivity contribution is -0.0241. The van der Waals surface area contributed by atoms with Crippen LogP contribution in [0.25, 0.3) is 11.3 Å². The average molecular weight is 368 g/mol. The summed E-state index contributed by atoms with van der Waals surface area (Å²) in [6.45, 7) is 1.20. The second kappa shape index (κ2) is 7.35. The number of carbonyl (C=O) groups is 1. The molecule has 1 amide bonds. The molecule has 26 heavy (non-hydrogen) atoms. The van der Waals surface area contributed by atoms with Gasteiger partial charge in [0.15, 0.2) is 0 Å². The number of rotatable bonds is 3. The van der Waals surface area contributed by atoms with Gasteiger partial charge < -0.3 is 9.64 Å². The van der Waals surface area contributed by atoms with E-state index in [-0.39, 0.29) is 11.7 Å². The third-order valence-electron chi connectivity index (χ3n) is 4.40. The van der Waals surface area contributed by atoms with Gasteiger partial charge in [-0.25, -0.2) is 4.39 Å². The Labute approximate surface area is 155 Å². The molecule has 1 saturated heterocycles. The first-order chi connectivity index (χ1) is 12.7. The van der Waals surface area contributed by atoms with Gasteiger partial charge in [-0.1, -0.05) is 48.5 Å². The van der Waals surface area contributed by atoms with E-state index in [0.29, 0.717) is 30.1 Å². The van der Waals surface area contributed by atoms with Crippen LogP contribution < -0.4 is 0 Å². The number of ether oxygens (including phenoxy) is 1. The van der Waals surface area contributed by atoms with Gasteiger partial charge in [-0.3, -0.25) is 4.79 Å². The molecule has 2 aromatic carbocycles. The van der Waals surface area contributed by atoms with Crippen molar-refractivity contribution in [3.63, 3.8) is 0 Å². The normalized spacial score (nSPS) is 17.3. The Morgan fingerprint density at radius 2 is 1.92 bits per heavy atom. The molecule has 0 N–H and O–H groups in total. The van der Waals surface area contributed by atoms with Crippen LogP contribution in [-0.2, 0) is 4.74 Å². The Balaban J connectivity index is 1.51. The second-order valence-corrected chi connectivity index (χ2v) is 6.88. The highest BCUT2D eigenvalue weighted by Crippen LogP contribution is 2.27. The minimum absolute atomic E-state index is 0.0886. The van der Waals surface area contributed by atoms with Crippen molar-refractivity contribution >= 4 is 17.4 Å². The number of nitrogens with zero attached hydrogens (tertiary/aromatic N) is 2. The van der Waals surface area contributed by atoms with E-state index in [2.05, 4.69) is 4.37 Å². The molecule has 1 atom stereocenters. The summed E-state index contributed by atoms with van der Waals surface area (Å²) in [5.74, 6) is -0.398. The van der Waals surface area contributed by atoms with Gasteiger partial charge in [0, 0.05) is 17.7 Å². The molecular formula is C20H17FN2O2S. The molecule has 132 valence electrons. The first-order valence-electron chi connectivity index (χ1n) is 8.40. The first kappa shape index (κ1) is 16.9. The number of hydrogen-bond donors (Lipinski definition) is 0. The number of hydrogen-bond acceptors (Lipinski definition) is 4. The SMILES string of the molecule is O=C(c1cc(-c2ccccc2)ns1)N1CCO[C@H](c2ccccc2F)C1. The van der Waals surface area contributed by atoms with Crippen molar-refractivity contribution in [3.8, 4) is 11.3 Å². The lowest BCUT2D eigenvalue weighted by Gasteiger charge is -2.33. The van der Waals surface area contributed by atoms with Crippen LogP contribution in [0.5, 0.6) is 0 Å². The zero-order valence-corrected chi connectivity index (χ0v) is 14.8. The monoisotopic (exact) mass is 368 g/mol. The summed E-state index contributed by atoms with van der Waals surface area (Å²) in [5, 5.41) is 0. The summed E-state index contributed by atoms with van der Waals surface area (Å²) in [6, 6.07) is 18.1. The smallest absolute Gasteiger partial charge is 0.265 e. The summed E-state index contributed by atoms with van der Waals surface area (Å²) < 4.78 is 24.1. The van der Waals surface area contributed by atoms with Gasteiger partial charge in [-0.15, -0.1) is 0 Å².